The van der Waals surface area contributed by atoms with Crippen molar-refractivity contribution < 1.29 is 23.9 Å². The van der Waals surface area contributed by atoms with Gasteiger partial charge in [-0.3, -0.25) is 4.79 Å². The van der Waals surface area contributed by atoms with Crippen LogP contribution in [0.3, 0.4) is 0 Å². The Kier molecular flexibility index (Phi) is 10.2. The van der Waals surface area contributed by atoms with E-state index in [0.29, 0.717) is 19.4 Å². The molecule has 0 heterocycles. The summed E-state index contributed by atoms with van der Waals surface area (Å²) in [6.45, 7) is 7.93. The third-order valence-corrected chi connectivity index (χ3v) is 4.25. The van der Waals surface area contributed by atoms with Gasteiger partial charge in [-0.05, 0) is 30.7 Å². The van der Waals surface area contributed by atoms with Crippen molar-refractivity contribution in [1.29, 1.82) is 0 Å². The van der Waals surface area contributed by atoms with Gasteiger partial charge < -0.3 is 25.8 Å². The molecule has 8 nitrogen and oxygen atoms in total. The molecular weight excluding hydrogens is 374 g/mol. The van der Waals surface area contributed by atoms with E-state index in [1.165, 1.54) is 0 Å². The number of alkyl carbamates (subject to hydrolysis) is 1. The van der Waals surface area contributed by atoms with Crippen molar-refractivity contribution in [3.8, 4) is 0 Å². The third kappa shape index (κ3) is 9.43. The number of carbonyl (C=O) groups is 3. The van der Waals surface area contributed by atoms with Crippen LogP contribution in [0.4, 0.5) is 4.79 Å². The minimum atomic E-state index is -0.821. The molecule has 29 heavy (non-hydrogen) atoms. The third-order valence-electron chi connectivity index (χ3n) is 4.25. The smallest absolute Gasteiger partial charge is 0.407 e. The Balaban J connectivity index is 2.44. The molecule has 0 aliphatic carbocycles. The van der Waals surface area contributed by atoms with Gasteiger partial charge in [-0.1, -0.05) is 51.1 Å². The molecule has 1 rings (SSSR count). The molecule has 8 heteroatoms. The summed E-state index contributed by atoms with van der Waals surface area (Å²) >= 11 is 0. The molecule has 1 aromatic carbocycles. The van der Waals surface area contributed by atoms with Crippen molar-refractivity contribution in [2.75, 3.05) is 13.2 Å². The first-order valence-corrected chi connectivity index (χ1v) is 9.82. The normalized spacial score (nSPS) is 13.1. The Morgan fingerprint density at radius 1 is 1.10 bits per heavy atom. The van der Waals surface area contributed by atoms with Crippen LogP contribution in [0.2, 0.25) is 0 Å². The van der Waals surface area contributed by atoms with E-state index in [1.807, 2.05) is 51.1 Å². The monoisotopic (exact) mass is 407 g/mol. The van der Waals surface area contributed by atoms with Gasteiger partial charge in [0.2, 0.25) is 5.91 Å². The molecule has 0 aliphatic heterocycles. The molecule has 0 saturated carbocycles. The number of benzene rings is 1. The maximum absolute atomic E-state index is 12.3. The molecule has 0 saturated heterocycles. The largest absolute Gasteiger partial charge is 0.464 e. The summed E-state index contributed by atoms with van der Waals surface area (Å²) in [7, 11) is 0. The average Bonchev–Trinajstić information content (AvgIpc) is 2.68. The van der Waals surface area contributed by atoms with Crippen LogP contribution in [-0.2, 0) is 25.7 Å². The Hall–Kier alpha value is -2.61. The van der Waals surface area contributed by atoms with E-state index in [9.17, 15) is 14.4 Å². The summed E-state index contributed by atoms with van der Waals surface area (Å²) in [5.74, 6) is -0.931. The Morgan fingerprint density at radius 2 is 1.76 bits per heavy atom. The van der Waals surface area contributed by atoms with Gasteiger partial charge in [-0.25, -0.2) is 9.59 Å². The quantitative estimate of drug-likeness (QED) is 0.404. The molecule has 0 spiro atoms. The zero-order valence-corrected chi connectivity index (χ0v) is 17.7. The standard InChI is InChI=1S/C21H33N3O5/c1-5-28-19(26)16(24-18(25)17(22)21(2,3)4)12-9-13-23-20(27)29-14-15-10-7-6-8-11-15/h6-8,10-11,16-17H,5,9,12-14,22H2,1-4H3,(H,23,27)(H,24,25)/t16-,17-/m1/s1. The second-order valence-electron chi connectivity index (χ2n) is 7.79. The van der Waals surface area contributed by atoms with Crippen LogP contribution in [0.5, 0.6) is 0 Å². The van der Waals surface area contributed by atoms with E-state index in [2.05, 4.69) is 10.6 Å². The summed E-state index contributed by atoms with van der Waals surface area (Å²) in [6, 6.07) is 7.77. The van der Waals surface area contributed by atoms with Crippen molar-refractivity contribution in [1.82, 2.24) is 10.6 Å². The molecule has 1 aromatic rings. The highest BCUT2D eigenvalue weighted by Crippen LogP contribution is 2.17. The predicted octanol–water partition coefficient (Wildman–Crippen LogP) is 2.11. The first kappa shape index (κ1) is 24.4. The lowest BCUT2D eigenvalue weighted by Gasteiger charge is -2.27. The van der Waals surface area contributed by atoms with E-state index >= 15 is 0 Å². The average molecular weight is 408 g/mol. The Morgan fingerprint density at radius 3 is 2.34 bits per heavy atom. The summed E-state index contributed by atoms with van der Waals surface area (Å²) in [5, 5.41) is 5.29. The van der Waals surface area contributed by atoms with E-state index in [4.69, 9.17) is 15.2 Å². The number of carbonyl (C=O) groups excluding carboxylic acids is 3. The van der Waals surface area contributed by atoms with Crippen LogP contribution in [0.1, 0.15) is 46.1 Å². The maximum atomic E-state index is 12.3. The van der Waals surface area contributed by atoms with E-state index in [0.717, 1.165) is 5.56 Å². The number of nitrogens with two attached hydrogens (primary N) is 1. The second kappa shape index (κ2) is 12.1. The fraction of sp³-hybridized carbons (Fsp3) is 0.571. The molecular formula is C21H33N3O5. The Labute approximate surface area is 172 Å². The number of amides is 2. The van der Waals surface area contributed by atoms with Gasteiger partial charge in [-0.2, -0.15) is 0 Å². The van der Waals surface area contributed by atoms with Gasteiger partial charge in [0.1, 0.15) is 12.6 Å². The topological polar surface area (TPSA) is 120 Å². The van der Waals surface area contributed by atoms with Gasteiger partial charge in [-0.15, -0.1) is 0 Å². The molecule has 2 atom stereocenters. The zero-order chi connectivity index (χ0) is 21.9. The fourth-order valence-electron chi connectivity index (χ4n) is 2.42. The minimum Gasteiger partial charge on any atom is -0.464 e. The van der Waals surface area contributed by atoms with Crippen molar-refractivity contribution in [3.05, 3.63) is 35.9 Å². The van der Waals surface area contributed by atoms with Crippen LogP contribution in [0.25, 0.3) is 0 Å². The molecule has 0 aromatic heterocycles. The fourth-order valence-corrected chi connectivity index (χ4v) is 2.42. The van der Waals surface area contributed by atoms with Gasteiger partial charge in [0.05, 0.1) is 12.6 Å². The second-order valence-corrected chi connectivity index (χ2v) is 7.79. The number of hydrogen-bond donors (Lipinski definition) is 3. The van der Waals surface area contributed by atoms with Crippen LogP contribution in [0, 0.1) is 5.41 Å². The van der Waals surface area contributed by atoms with Crippen LogP contribution in [0.15, 0.2) is 30.3 Å². The maximum Gasteiger partial charge on any atom is 0.407 e. The van der Waals surface area contributed by atoms with E-state index in [1.54, 1.807) is 6.92 Å². The number of rotatable bonds is 10. The molecule has 0 unspecified atom stereocenters. The molecule has 0 aliphatic rings. The summed E-state index contributed by atoms with van der Waals surface area (Å²) in [6.07, 6.45) is 0.218. The molecule has 162 valence electrons. The summed E-state index contributed by atoms with van der Waals surface area (Å²) < 4.78 is 10.2. The van der Waals surface area contributed by atoms with Gasteiger partial charge in [0.25, 0.3) is 0 Å². The first-order chi connectivity index (χ1) is 13.6. The highest BCUT2D eigenvalue weighted by molar-refractivity contribution is 5.87. The molecule has 4 N–H and O–H groups in total. The van der Waals surface area contributed by atoms with E-state index < -0.39 is 35.5 Å². The highest BCUT2D eigenvalue weighted by atomic mass is 16.5. The summed E-state index contributed by atoms with van der Waals surface area (Å²) in [4.78, 5) is 36.2. The lowest BCUT2D eigenvalue weighted by molar-refractivity contribution is -0.148. The van der Waals surface area contributed by atoms with Crippen LogP contribution < -0.4 is 16.4 Å². The lowest BCUT2D eigenvalue weighted by atomic mass is 9.86. The molecule has 0 bridgehead atoms. The summed E-state index contributed by atoms with van der Waals surface area (Å²) in [5.41, 5.74) is 6.41. The van der Waals surface area contributed by atoms with Gasteiger partial charge >= 0.3 is 12.1 Å². The van der Waals surface area contributed by atoms with Gasteiger partial charge in [0.15, 0.2) is 0 Å². The number of ether oxygens (including phenoxy) is 2. The van der Waals surface area contributed by atoms with Crippen molar-refractivity contribution >= 4 is 18.0 Å². The molecule has 2 amide bonds. The van der Waals surface area contributed by atoms with Crippen molar-refractivity contribution in [3.63, 3.8) is 0 Å². The first-order valence-electron chi connectivity index (χ1n) is 9.82. The molecule has 0 fully saturated rings. The van der Waals surface area contributed by atoms with Crippen molar-refractivity contribution in [2.45, 2.75) is 59.2 Å². The van der Waals surface area contributed by atoms with E-state index in [-0.39, 0.29) is 13.2 Å². The zero-order valence-electron chi connectivity index (χ0n) is 17.7. The predicted molar refractivity (Wildman–Crippen MR) is 110 cm³/mol. The Bertz CT molecular complexity index is 658. The number of nitrogens with one attached hydrogen (secondary N) is 2. The van der Waals surface area contributed by atoms with Gasteiger partial charge in [0, 0.05) is 6.54 Å². The molecule has 0 radical (unpaired) electrons. The number of hydrogen-bond acceptors (Lipinski definition) is 6. The van der Waals surface area contributed by atoms with Crippen LogP contribution in [-0.4, -0.2) is 43.2 Å². The SMILES string of the molecule is CCOC(=O)[C@@H](CCCNC(=O)OCc1ccccc1)NC(=O)[C@@H](N)C(C)(C)C. The number of esters is 1. The minimum absolute atomic E-state index is 0.179. The highest BCUT2D eigenvalue weighted by Gasteiger charge is 2.31. The lowest BCUT2D eigenvalue weighted by Crippen LogP contribution is -2.53. The van der Waals surface area contributed by atoms with Crippen LogP contribution >= 0.6 is 0 Å². The van der Waals surface area contributed by atoms with Crippen molar-refractivity contribution in [2.24, 2.45) is 11.1 Å².